The molecule has 2 aliphatic heterocycles. The van der Waals surface area contributed by atoms with Crippen molar-refractivity contribution in [1.29, 1.82) is 0 Å². The number of nitrogens with zero attached hydrogens (tertiary/aromatic N) is 1. The van der Waals surface area contributed by atoms with Crippen LogP contribution in [0.25, 0.3) is 0 Å². The fourth-order valence-corrected chi connectivity index (χ4v) is 6.54. The lowest BCUT2D eigenvalue weighted by molar-refractivity contribution is -0.153. The Morgan fingerprint density at radius 3 is 2.79 bits per heavy atom. The van der Waals surface area contributed by atoms with Crippen molar-refractivity contribution >= 4 is 11.9 Å². The second-order valence-corrected chi connectivity index (χ2v) is 9.83. The summed E-state index contributed by atoms with van der Waals surface area (Å²) in [4.78, 5) is 25.8. The van der Waals surface area contributed by atoms with E-state index in [1.165, 1.54) is 25.0 Å². The average Bonchev–Trinajstić information content (AvgIpc) is 3.11. The van der Waals surface area contributed by atoms with E-state index in [4.69, 9.17) is 18.9 Å². The molecule has 4 aliphatic rings. The molecule has 1 fully saturated rings. The molecule has 7 nitrogen and oxygen atoms in total. The van der Waals surface area contributed by atoms with E-state index in [9.17, 15) is 9.59 Å². The van der Waals surface area contributed by atoms with Gasteiger partial charge in [-0.2, -0.15) is 0 Å². The molecule has 1 aromatic carbocycles. The summed E-state index contributed by atoms with van der Waals surface area (Å²) in [6, 6.07) is 4.36. The highest BCUT2D eigenvalue weighted by atomic mass is 16.6. The van der Waals surface area contributed by atoms with Crippen molar-refractivity contribution in [3.8, 4) is 11.5 Å². The van der Waals surface area contributed by atoms with Crippen molar-refractivity contribution in [2.75, 3.05) is 20.2 Å². The van der Waals surface area contributed by atoms with Crippen LogP contribution in [-0.2, 0) is 30.9 Å². The smallest absolute Gasteiger partial charge is 0.308 e. The van der Waals surface area contributed by atoms with Gasteiger partial charge in [0, 0.05) is 36.8 Å². The van der Waals surface area contributed by atoms with Gasteiger partial charge in [0.15, 0.2) is 11.5 Å². The van der Waals surface area contributed by atoms with Gasteiger partial charge in [0.2, 0.25) is 0 Å². The van der Waals surface area contributed by atoms with Gasteiger partial charge in [0.05, 0.1) is 6.61 Å². The van der Waals surface area contributed by atoms with Gasteiger partial charge in [0.25, 0.3) is 0 Å². The van der Waals surface area contributed by atoms with Gasteiger partial charge in [-0.3, -0.25) is 9.59 Å². The fourth-order valence-electron chi connectivity index (χ4n) is 6.54. The average molecular weight is 456 g/mol. The summed E-state index contributed by atoms with van der Waals surface area (Å²) in [5.74, 6) is 0.847. The first kappa shape index (κ1) is 22.4. The normalized spacial score (nSPS) is 32.0. The second kappa shape index (κ2) is 8.44. The van der Waals surface area contributed by atoms with Gasteiger partial charge in [-0.25, -0.2) is 0 Å². The summed E-state index contributed by atoms with van der Waals surface area (Å²) in [7, 11) is 2.20. The Hall–Kier alpha value is -2.38. The molecule has 6 atom stereocenters. The maximum Gasteiger partial charge on any atom is 0.308 e. The quantitative estimate of drug-likeness (QED) is 0.355. The molecule has 33 heavy (non-hydrogen) atoms. The van der Waals surface area contributed by atoms with Crippen LogP contribution >= 0.6 is 0 Å². The van der Waals surface area contributed by atoms with Crippen molar-refractivity contribution in [2.24, 2.45) is 5.92 Å². The minimum absolute atomic E-state index is 0.211. The first-order valence-corrected chi connectivity index (χ1v) is 12.0. The van der Waals surface area contributed by atoms with Crippen molar-refractivity contribution in [1.82, 2.24) is 4.90 Å². The van der Waals surface area contributed by atoms with Gasteiger partial charge < -0.3 is 23.8 Å². The molecule has 0 aromatic heterocycles. The summed E-state index contributed by atoms with van der Waals surface area (Å²) >= 11 is 0. The third-order valence-electron chi connectivity index (χ3n) is 7.79. The van der Waals surface area contributed by atoms with Crippen molar-refractivity contribution in [2.45, 2.75) is 76.2 Å². The first-order valence-electron chi connectivity index (χ1n) is 12.0. The number of rotatable bonds is 7. The van der Waals surface area contributed by atoms with E-state index in [1.807, 2.05) is 6.07 Å². The van der Waals surface area contributed by atoms with Crippen LogP contribution in [0.4, 0.5) is 0 Å². The van der Waals surface area contributed by atoms with E-state index in [1.54, 1.807) is 0 Å². The van der Waals surface area contributed by atoms with Crippen LogP contribution in [0.2, 0.25) is 0 Å². The van der Waals surface area contributed by atoms with E-state index in [0.717, 1.165) is 32.2 Å². The van der Waals surface area contributed by atoms with Crippen LogP contribution in [0.3, 0.4) is 0 Å². The molecule has 0 N–H and O–H groups in total. The molecule has 5 rings (SSSR count). The molecule has 0 amide bonds. The Morgan fingerprint density at radius 2 is 2.06 bits per heavy atom. The Balaban J connectivity index is 1.51. The Morgan fingerprint density at radius 1 is 1.24 bits per heavy atom. The minimum atomic E-state index is -0.356. The van der Waals surface area contributed by atoms with Crippen LogP contribution in [0, 0.1) is 5.92 Å². The molecule has 3 unspecified atom stereocenters. The predicted molar refractivity (Wildman–Crippen MR) is 121 cm³/mol. The first-order chi connectivity index (χ1) is 15.8. The predicted octanol–water partition coefficient (Wildman–Crippen LogP) is 3.17. The zero-order valence-corrected chi connectivity index (χ0v) is 19.8. The largest absolute Gasteiger partial charge is 0.482 e. The van der Waals surface area contributed by atoms with Crippen molar-refractivity contribution in [3.63, 3.8) is 0 Å². The zero-order valence-electron chi connectivity index (χ0n) is 19.8. The highest BCUT2D eigenvalue weighted by Gasteiger charge is 2.64. The topological polar surface area (TPSA) is 74.3 Å². The molecule has 1 spiro atoms. The summed E-state index contributed by atoms with van der Waals surface area (Å²) in [6.45, 7) is 6.21. The summed E-state index contributed by atoms with van der Waals surface area (Å²) in [6.07, 6.45) is 7.22. The summed E-state index contributed by atoms with van der Waals surface area (Å²) in [5.41, 5.74) is 2.26. The number of piperidine rings is 1. The lowest BCUT2D eigenvalue weighted by Gasteiger charge is -2.56. The number of esters is 2. The number of likely N-dealkylation sites (N-methyl/N-ethyl adjacent to an activating group) is 1. The molecule has 2 bridgehead atoms. The molecular formula is C26H33NO6. The van der Waals surface area contributed by atoms with E-state index < -0.39 is 0 Å². The van der Waals surface area contributed by atoms with Crippen LogP contribution in [0.5, 0.6) is 11.5 Å². The molecule has 7 heteroatoms. The number of likely N-dealkylation sites (tertiary alicyclic amines) is 1. The Bertz CT molecular complexity index is 989. The number of hydrogen-bond acceptors (Lipinski definition) is 7. The van der Waals surface area contributed by atoms with Crippen LogP contribution in [-0.4, -0.2) is 61.4 Å². The number of ether oxygens (including phenoxy) is 4. The number of carbonyl (C=O) groups is 2. The lowest BCUT2D eigenvalue weighted by Crippen LogP contribution is -2.65. The third-order valence-corrected chi connectivity index (χ3v) is 7.79. The highest BCUT2D eigenvalue weighted by molar-refractivity contribution is 5.72. The number of benzene rings is 1. The van der Waals surface area contributed by atoms with Crippen molar-refractivity contribution in [3.05, 3.63) is 35.4 Å². The second-order valence-electron chi connectivity index (χ2n) is 9.83. The van der Waals surface area contributed by atoms with Gasteiger partial charge in [-0.1, -0.05) is 31.6 Å². The molecule has 2 heterocycles. The third kappa shape index (κ3) is 3.56. The molecular weight excluding hydrogens is 422 g/mol. The Labute approximate surface area is 195 Å². The van der Waals surface area contributed by atoms with Crippen molar-refractivity contribution < 1.29 is 28.5 Å². The minimum Gasteiger partial charge on any atom is -0.482 e. The molecule has 2 aliphatic carbocycles. The molecule has 1 saturated heterocycles. The summed E-state index contributed by atoms with van der Waals surface area (Å²) in [5, 5.41) is 0. The van der Waals surface area contributed by atoms with Gasteiger partial charge in [-0.05, 0) is 44.5 Å². The monoisotopic (exact) mass is 455 g/mol. The fraction of sp³-hybridized carbons (Fsp3) is 0.615. The zero-order chi connectivity index (χ0) is 23.3. The maximum atomic E-state index is 11.8. The SMILES string of the molecule is CCCC(COC1C=C[C@H]2[C@H]3Cc4ccc(OC(C)=O)c5c4[C@@]2(CCN3C)C1O5)OC(C)=O. The van der Waals surface area contributed by atoms with Gasteiger partial charge in [-0.15, -0.1) is 0 Å². The van der Waals surface area contributed by atoms with Gasteiger partial charge >= 0.3 is 11.9 Å². The standard InChI is InChI=1S/C26H33NO6/c1-5-6-18(31-15(2)28)14-30-22-10-8-19-20-13-17-7-9-21(32-16(3)29)24-23(17)26(19,25(22)33-24)11-12-27(20)4/h7-10,18-20,22,25H,5-6,11-14H2,1-4H3/t18?,19-,20+,22?,25?,26-/m0/s1. The van der Waals surface area contributed by atoms with E-state index >= 15 is 0 Å². The van der Waals surface area contributed by atoms with Gasteiger partial charge in [0.1, 0.15) is 18.3 Å². The van der Waals surface area contributed by atoms with E-state index in [2.05, 4.69) is 37.1 Å². The molecule has 0 saturated carbocycles. The van der Waals surface area contributed by atoms with Crippen LogP contribution in [0.15, 0.2) is 24.3 Å². The molecule has 0 radical (unpaired) electrons. The number of carbonyl (C=O) groups excluding carboxylic acids is 2. The van der Waals surface area contributed by atoms with Crippen LogP contribution < -0.4 is 9.47 Å². The number of hydrogen-bond donors (Lipinski definition) is 0. The maximum absolute atomic E-state index is 11.8. The molecule has 1 aromatic rings. The Kier molecular flexibility index (Phi) is 5.73. The van der Waals surface area contributed by atoms with E-state index in [0.29, 0.717) is 30.1 Å². The lowest BCUT2D eigenvalue weighted by atomic mass is 9.53. The molecule has 178 valence electrons. The van der Waals surface area contributed by atoms with E-state index in [-0.39, 0.29) is 35.7 Å². The van der Waals surface area contributed by atoms with Crippen LogP contribution in [0.1, 0.15) is 51.2 Å². The highest BCUT2D eigenvalue weighted by Crippen LogP contribution is 2.62. The summed E-state index contributed by atoms with van der Waals surface area (Å²) < 4.78 is 24.1.